The van der Waals surface area contributed by atoms with Crippen molar-refractivity contribution in [3.05, 3.63) is 29.3 Å². The molecule has 2 nitrogen and oxygen atoms in total. The Morgan fingerprint density at radius 2 is 2.19 bits per heavy atom. The normalized spacial score (nSPS) is 17.5. The molecule has 1 aliphatic rings. The molecule has 0 saturated heterocycles. The van der Waals surface area contributed by atoms with Gasteiger partial charge < -0.3 is 4.79 Å². The van der Waals surface area contributed by atoms with Gasteiger partial charge in [0.15, 0.2) is 0 Å². The third-order valence-corrected chi connectivity index (χ3v) is 4.41. The van der Waals surface area contributed by atoms with Crippen LogP contribution in [0.3, 0.4) is 0 Å². The first-order chi connectivity index (χ1) is 7.81. The Labute approximate surface area is 98.3 Å². The maximum Gasteiger partial charge on any atom is 0.126 e. The van der Waals surface area contributed by atoms with Gasteiger partial charge in [0.2, 0.25) is 0 Å². The van der Waals surface area contributed by atoms with Crippen LogP contribution in [0.15, 0.2) is 24.3 Å². The topological polar surface area (TPSA) is 30.0 Å². The lowest BCUT2D eigenvalue weighted by Crippen LogP contribution is -2.03. The van der Waals surface area contributed by atoms with E-state index >= 15 is 0 Å². The Morgan fingerprint density at radius 1 is 1.38 bits per heavy atom. The van der Waals surface area contributed by atoms with Gasteiger partial charge in [-0.05, 0) is 31.4 Å². The number of aromatic nitrogens is 1. The van der Waals surface area contributed by atoms with E-state index in [2.05, 4.69) is 11.1 Å². The van der Waals surface area contributed by atoms with Gasteiger partial charge in [0.25, 0.3) is 0 Å². The molecule has 1 aromatic heterocycles. The third-order valence-electron chi connectivity index (χ3n) is 3.32. The third kappa shape index (κ3) is 1.76. The zero-order valence-electron chi connectivity index (χ0n) is 8.98. The van der Waals surface area contributed by atoms with Crippen molar-refractivity contribution in [3.8, 4) is 0 Å². The maximum atomic E-state index is 10.9. The molecule has 16 heavy (non-hydrogen) atoms. The number of aldehydes is 1. The number of aryl methyl sites for hydroxylation is 1. The molecule has 0 spiro atoms. The molecule has 1 saturated carbocycles. The van der Waals surface area contributed by atoms with Crippen LogP contribution in [0.4, 0.5) is 0 Å². The molecule has 82 valence electrons. The summed E-state index contributed by atoms with van der Waals surface area (Å²) in [4.78, 5) is 15.4. The van der Waals surface area contributed by atoms with Gasteiger partial charge in [-0.1, -0.05) is 12.1 Å². The highest BCUT2D eigenvalue weighted by molar-refractivity contribution is 7.18. The molecule has 1 aromatic carbocycles. The van der Waals surface area contributed by atoms with Crippen molar-refractivity contribution in [1.82, 2.24) is 4.98 Å². The number of carbonyl (C=O) groups excluding carboxylic acids is 1. The Hall–Kier alpha value is -1.22. The number of carbonyl (C=O) groups is 1. The van der Waals surface area contributed by atoms with Gasteiger partial charge in [-0.15, -0.1) is 11.3 Å². The minimum Gasteiger partial charge on any atom is -0.303 e. The van der Waals surface area contributed by atoms with Crippen LogP contribution in [0, 0.1) is 5.41 Å². The molecular weight excluding hydrogens is 218 g/mol. The highest BCUT2D eigenvalue weighted by Gasteiger charge is 2.41. The summed E-state index contributed by atoms with van der Waals surface area (Å²) in [5, 5.41) is 1.16. The SMILES string of the molecule is O=CC1(CCc2nc3ccccc3s2)CC1. The van der Waals surface area contributed by atoms with Gasteiger partial charge >= 0.3 is 0 Å². The van der Waals surface area contributed by atoms with E-state index in [1.165, 1.54) is 4.70 Å². The molecular formula is C13H13NOS. The van der Waals surface area contributed by atoms with Crippen molar-refractivity contribution in [2.24, 2.45) is 5.41 Å². The fraction of sp³-hybridized carbons (Fsp3) is 0.385. The number of para-hydroxylation sites is 1. The van der Waals surface area contributed by atoms with Crippen LogP contribution in [0.5, 0.6) is 0 Å². The van der Waals surface area contributed by atoms with Crippen molar-refractivity contribution >= 4 is 27.8 Å². The minimum atomic E-state index is 0.0118. The van der Waals surface area contributed by atoms with Gasteiger partial charge in [-0.25, -0.2) is 4.98 Å². The Balaban J connectivity index is 1.77. The molecule has 0 aliphatic heterocycles. The zero-order chi connectivity index (χ0) is 11.0. The fourth-order valence-electron chi connectivity index (χ4n) is 1.97. The van der Waals surface area contributed by atoms with E-state index in [-0.39, 0.29) is 5.41 Å². The molecule has 0 amide bonds. The Morgan fingerprint density at radius 3 is 2.88 bits per heavy atom. The molecule has 1 fully saturated rings. The first kappa shape index (κ1) is 9.97. The van der Waals surface area contributed by atoms with Crippen LogP contribution in [0.2, 0.25) is 0 Å². The Kier molecular flexibility index (Phi) is 2.28. The summed E-state index contributed by atoms with van der Waals surface area (Å²) >= 11 is 1.75. The summed E-state index contributed by atoms with van der Waals surface area (Å²) in [6.07, 6.45) is 5.19. The number of hydrogen-bond donors (Lipinski definition) is 0. The summed E-state index contributed by atoms with van der Waals surface area (Å²) in [7, 11) is 0. The lowest BCUT2D eigenvalue weighted by atomic mass is 10.0. The maximum absolute atomic E-state index is 10.9. The van der Waals surface area contributed by atoms with Crippen molar-refractivity contribution in [2.75, 3.05) is 0 Å². The number of hydrogen-bond acceptors (Lipinski definition) is 3. The van der Waals surface area contributed by atoms with Crippen LogP contribution in [0.1, 0.15) is 24.3 Å². The molecule has 0 atom stereocenters. The molecule has 0 radical (unpaired) electrons. The number of nitrogens with zero attached hydrogens (tertiary/aromatic N) is 1. The van der Waals surface area contributed by atoms with Crippen LogP contribution in [-0.2, 0) is 11.2 Å². The number of fused-ring (bicyclic) bond motifs is 1. The average molecular weight is 231 g/mol. The molecule has 0 unspecified atom stereocenters. The number of thiazole rings is 1. The molecule has 3 heteroatoms. The first-order valence-corrected chi connectivity index (χ1v) is 6.44. The molecule has 1 aliphatic carbocycles. The predicted octanol–water partition coefficient (Wildman–Crippen LogP) is 3.21. The molecule has 1 heterocycles. The monoisotopic (exact) mass is 231 g/mol. The minimum absolute atomic E-state index is 0.0118. The fourth-order valence-corrected chi connectivity index (χ4v) is 2.94. The predicted molar refractivity (Wildman–Crippen MR) is 65.7 cm³/mol. The first-order valence-electron chi connectivity index (χ1n) is 5.62. The molecule has 0 N–H and O–H groups in total. The van der Waals surface area contributed by atoms with Gasteiger partial charge in [-0.2, -0.15) is 0 Å². The highest BCUT2D eigenvalue weighted by atomic mass is 32.1. The standard InChI is InChI=1S/C13H13NOS/c15-9-13(7-8-13)6-5-12-14-10-3-1-2-4-11(10)16-12/h1-4,9H,5-8H2. The summed E-state index contributed by atoms with van der Waals surface area (Å²) < 4.78 is 1.24. The van der Waals surface area contributed by atoms with E-state index in [0.717, 1.165) is 42.5 Å². The summed E-state index contributed by atoms with van der Waals surface area (Å²) in [5.74, 6) is 0. The zero-order valence-corrected chi connectivity index (χ0v) is 9.80. The molecule has 3 rings (SSSR count). The van der Waals surface area contributed by atoms with Gasteiger partial charge in [-0.3, -0.25) is 0 Å². The second kappa shape index (κ2) is 3.67. The van der Waals surface area contributed by atoms with E-state index in [1.54, 1.807) is 11.3 Å². The smallest absolute Gasteiger partial charge is 0.126 e. The highest BCUT2D eigenvalue weighted by Crippen LogP contribution is 2.47. The van der Waals surface area contributed by atoms with Gasteiger partial charge in [0.1, 0.15) is 6.29 Å². The lowest BCUT2D eigenvalue weighted by molar-refractivity contribution is -0.112. The van der Waals surface area contributed by atoms with E-state index in [1.807, 2.05) is 18.2 Å². The average Bonchev–Trinajstić information content (AvgIpc) is 2.98. The van der Waals surface area contributed by atoms with E-state index in [0.29, 0.717) is 0 Å². The van der Waals surface area contributed by atoms with Crippen LogP contribution < -0.4 is 0 Å². The molecule has 2 aromatic rings. The van der Waals surface area contributed by atoms with Crippen LogP contribution >= 0.6 is 11.3 Å². The largest absolute Gasteiger partial charge is 0.303 e. The van der Waals surface area contributed by atoms with Crippen molar-refractivity contribution in [3.63, 3.8) is 0 Å². The van der Waals surface area contributed by atoms with Gasteiger partial charge in [0, 0.05) is 11.8 Å². The molecule has 0 bridgehead atoms. The van der Waals surface area contributed by atoms with Crippen molar-refractivity contribution < 1.29 is 4.79 Å². The van der Waals surface area contributed by atoms with E-state index in [4.69, 9.17) is 0 Å². The van der Waals surface area contributed by atoms with Crippen LogP contribution in [0.25, 0.3) is 10.2 Å². The Bertz CT molecular complexity index is 494. The van der Waals surface area contributed by atoms with E-state index < -0.39 is 0 Å². The van der Waals surface area contributed by atoms with Gasteiger partial charge in [0.05, 0.1) is 15.2 Å². The quantitative estimate of drug-likeness (QED) is 0.756. The number of benzene rings is 1. The number of rotatable bonds is 4. The van der Waals surface area contributed by atoms with Crippen molar-refractivity contribution in [2.45, 2.75) is 25.7 Å². The van der Waals surface area contributed by atoms with E-state index in [9.17, 15) is 4.79 Å². The summed E-state index contributed by atoms with van der Waals surface area (Å²) in [6, 6.07) is 8.20. The summed E-state index contributed by atoms with van der Waals surface area (Å²) in [5.41, 5.74) is 1.09. The van der Waals surface area contributed by atoms with Crippen molar-refractivity contribution in [1.29, 1.82) is 0 Å². The summed E-state index contributed by atoms with van der Waals surface area (Å²) in [6.45, 7) is 0. The van der Waals surface area contributed by atoms with Crippen LogP contribution in [-0.4, -0.2) is 11.3 Å². The second-order valence-electron chi connectivity index (χ2n) is 4.56. The lowest BCUT2D eigenvalue weighted by Gasteiger charge is -2.02. The second-order valence-corrected chi connectivity index (χ2v) is 5.67.